The molecular weight excluding hydrogens is 202 g/mol. The van der Waals surface area contributed by atoms with Gasteiger partial charge in [0.2, 0.25) is 5.91 Å². The molecule has 1 amide bonds. The Labute approximate surface area is 93.8 Å². The zero-order chi connectivity index (χ0) is 11.7. The first-order valence-corrected chi connectivity index (χ1v) is 5.22. The molecule has 0 saturated heterocycles. The fraction of sp³-hybridized carbons (Fsp3) is 0.250. The molecule has 0 bridgehead atoms. The second-order valence-electron chi connectivity index (χ2n) is 4.03. The van der Waals surface area contributed by atoms with E-state index < -0.39 is 6.04 Å². The largest absolute Gasteiger partial charge is 0.359 e. The zero-order valence-corrected chi connectivity index (χ0v) is 9.37. The van der Waals surface area contributed by atoms with Gasteiger partial charge in [-0.05, 0) is 38.1 Å². The Balaban J connectivity index is 2.29. The predicted octanol–water partition coefficient (Wildman–Crippen LogP) is 1.76. The molecular formula is C12H15N3O. The number of aromatic amines is 1. The van der Waals surface area contributed by atoms with Crippen LogP contribution in [-0.2, 0) is 4.79 Å². The van der Waals surface area contributed by atoms with Crippen LogP contribution in [0.15, 0.2) is 24.3 Å². The van der Waals surface area contributed by atoms with E-state index in [0.717, 1.165) is 22.3 Å². The van der Waals surface area contributed by atoms with E-state index in [4.69, 9.17) is 5.73 Å². The highest BCUT2D eigenvalue weighted by molar-refractivity contribution is 5.96. The minimum Gasteiger partial charge on any atom is -0.359 e. The van der Waals surface area contributed by atoms with Crippen molar-refractivity contribution in [2.75, 3.05) is 5.32 Å². The zero-order valence-electron chi connectivity index (χ0n) is 9.37. The Bertz CT molecular complexity index is 528. The van der Waals surface area contributed by atoms with Crippen LogP contribution in [0.1, 0.15) is 12.6 Å². The maximum Gasteiger partial charge on any atom is 0.240 e. The van der Waals surface area contributed by atoms with Crippen molar-refractivity contribution in [1.82, 2.24) is 4.98 Å². The van der Waals surface area contributed by atoms with Crippen molar-refractivity contribution in [2.45, 2.75) is 19.9 Å². The Kier molecular flexibility index (Phi) is 2.66. The quantitative estimate of drug-likeness (QED) is 0.717. The summed E-state index contributed by atoms with van der Waals surface area (Å²) < 4.78 is 0. The van der Waals surface area contributed by atoms with Gasteiger partial charge in [0.1, 0.15) is 0 Å². The van der Waals surface area contributed by atoms with Crippen LogP contribution in [0.4, 0.5) is 5.69 Å². The molecule has 2 rings (SSSR count). The molecule has 1 atom stereocenters. The van der Waals surface area contributed by atoms with Crippen LogP contribution in [0.3, 0.4) is 0 Å². The molecule has 4 nitrogen and oxygen atoms in total. The van der Waals surface area contributed by atoms with E-state index in [1.165, 1.54) is 0 Å². The van der Waals surface area contributed by atoms with Crippen molar-refractivity contribution in [1.29, 1.82) is 0 Å². The molecule has 0 radical (unpaired) electrons. The number of nitrogens with two attached hydrogens (primary N) is 1. The van der Waals surface area contributed by atoms with E-state index in [2.05, 4.69) is 10.3 Å². The number of amides is 1. The van der Waals surface area contributed by atoms with Crippen molar-refractivity contribution >= 4 is 22.5 Å². The topological polar surface area (TPSA) is 70.9 Å². The van der Waals surface area contributed by atoms with Crippen LogP contribution in [0.5, 0.6) is 0 Å². The summed E-state index contributed by atoms with van der Waals surface area (Å²) in [5, 5.41) is 3.85. The molecule has 0 fully saturated rings. The summed E-state index contributed by atoms with van der Waals surface area (Å²) in [6, 6.07) is 7.27. The van der Waals surface area contributed by atoms with E-state index in [-0.39, 0.29) is 5.91 Å². The molecule has 0 unspecified atom stereocenters. The van der Waals surface area contributed by atoms with Crippen LogP contribution in [0.25, 0.3) is 10.9 Å². The lowest BCUT2D eigenvalue weighted by Crippen LogP contribution is -2.32. The third-order valence-electron chi connectivity index (χ3n) is 2.44. The number of carbonyl (C=O) groups excluding carboxylic acids is 1. The average Bonchev–Trinajstić information content (AvgIpc) is 2.57. The number of carbonyl (C=O) groups is 1. The van der Waals surface area contributed by atoms with Gasteiger partial charge in [0.05, 0.1) is 6.04 Å². The number of nitrogens with one attached hydrogen (secondary N) is 2. The highest BCUT2D eigenvalue weighted by Crippen LogP contribution is 2.19. The van der Waals surface area contributed by atoms with Crippen LogP contribution < -0.4 is 11.1 Å². The van der Waals surface area contributed by atoms with Crippen molar-refractivity contribution in [3.8, 4) is 0 Å². The number of H-pyrrole nitrogens is 1. The molecule has 0 aliphatic rings. The van der Waals surface area contributed by atoms with E-state index in [1.54, 1.807) is 6.92 Å². The minimum atomic E-state index is -0.497. The molecule has 0 spiro atoms. The first kappa shape index (κ1) is 10.7. The first-order valence-electron chi connectivity index (χ1n) is 5.22. The van der Waals surface area contributed by atoms with Crippen molar-refractivity contribution in [3.63, 3.8) is 0 Å². The molecule has 84 valence electrons. The number of hydrogen-bond donors (Lipinski definition) is 3. The first-order chi connectivity index (χ1) is 7.56. The van der Waals surface area contributed by atoms with Crippen molar-refractivity contribution in [2.24, 2.45) is 5.73 Å². The summed E-state index contributed by atoms with van der Waals surface area (Å²) in [4.78, 5) is 14.6. The summed E-state index contributed by atoms with van der Waals surface area (Å²) >= 11 is 0. The molecule has 16 heavy (non-hydrogen) atoms. The molecule has 4 N–H and O–H groups in total. The van der Waals surface area contributed by atoms with Gasteiger partial charge in [-0.25, -0.2) is 0 Å². The van der Waals surface area contributed by atoms with Crippen LogP contribution in [0.2, 0.25) is 0 Å². The van der Waals surface area contributed by atoms with Crippen LogP contribution >= 0.6 is 0 Å². The SMILES string of the molecule is Cc1cc2cc(NC(=O)[C@H](C)N)ccc2[nH]1. The van der Waals surface area contributed by atoms with E-state index in [9.17, 15) is 4.79 Å². The Morgan fingerprint density at radius 2 is 2.19 bits per heavy atom. The van der Waals surface area contributed by atoms with Gasteiger partial charge in [-0.1, -0.05) is 0 Å². The maximum absolute atomic E-state index is 11.4. The maximum atomic E-state index is 11.4. The lowest BCUT2D eigenvalue weighted by atomic mass is 10.2. The predicted molar refractivity (Wildman–Crippen MR) is 65.3 cm³/mol. The van der Waals surface area contributed by atoms with Gasteiger partial charge in [0, 0.05) is 22.3 Å². The summed E-state index contributed by atoms with van der Waals surface area (Å²) in [7, 11) is 0. The molecule has 0 aliphatic carbocycles. The summed E-state index contributed by atoms with van der Waals surface area (Å²) in [5.74, 6) is -0.174. The highest BCUT2D eigenvalue weighted by Gasteiger charge is 2.07. The molecule has 2 aromatic rings. The van der Waals surface area contributed by atoms with E-state index in [0.29, 0.717) is 0 Å². The molecule has 1 heterocycles. The van der Waals surface area contributed by atoms with Crippen LogP contribution in [0, 0.1) is 6.92 Å². The van der Waals surface area contributed by atoms with Crippen molar-refractivity contribution in [3.05, 3.63) is 30.0 Å². The molecule has 0 saturated carbocycles. The van der Waals surface area contributed by atoms with Crippen LogP contribution in [-0.4, -0.2) is 16.9 Å². The standard InChI is InChI=1S/C12H15N3O/c1-7-5-9-6-10(3-4-11(9)14-7)15-12(16)8(2)13/h3-6,8,14H,13H2,1-2H3,(H,15,16)/t8-/m0/s1. The fourth-order valence-corrected chi connectivity index (χ4v) is 1.61. The molecule has 1 aromatic carbocycles. The molecule has 0 aliphatic heterocycles. The summed E-state index contributed by atoms with van der Waals surface area (Å²) in [6.07, 6.45) is 0. The third-order valence-corrected chi connectivity index (χ3v) is 2.44. The molecule has 1 aromatic heterocycles. The highest BCUT2D eigenvalue weighted by atomic mass is 16.2. The van der Waals surface area contributed by atoms with Gasteiger partial charge in [-0.15, -0.1) is 0 Å². The lowest BCUT2D eigenvalue weighted by molar-refractivity contribution is -0.117. The summed E-state index contributed by atoms with van der Waals surface area (Å²) in [6.45, 7) is 3.66. The number of hydrogen-bond acceptors (Lipinski definition) is 2. The normalized spacial score (nSPS) is 12.7. The number of benzene rings is 1. The summed E-state index contributed by atoms with van der Waals surface area (Å²) in [5.41, 5.74) is 8.42. The Hall–Kier alpha value is -1.81. The monoisotopic (exact) mass is 217 g/mol. The number of anilines is 1. The fourth-order valence-electron chi connectivity index (χ4n) is 1.61. The molecule has 4 heteroatoms. The smallest absolute Gasteiger partial charge is 0.240 e. The second kappa shape index (κ2) is 3.98. The van der Waals surface area contributed by atoms with Gasteiger partial charge in [-0.2, -0.15) is 0 Å². The van der Waals surface area contributed by atoms with Gasteiger partial charge < -0.3 is 16.0 Å². The van der Waals surface area contributed by atoms with Crippen molar-refractivity contribution < 1.29 is 4.79 Å². The number of fused-ring (bicyclic) bond motifs is 1. The van der Waals surface area contributed by atoms with Gasteiger partial charge in [0.25, 0.3) is 0 Å². The lowest BCUT2D eigenvalue weighted by Gasteiger charge is -2.07. The number of aromatic nitrogens is 1. The Morgan fingerprint density at radius 1 is 1.44 bits per heavy atom. The number of rotatable bonds is 2. The number of aryl methyl sites for hydroxylation is 1. The Morgan fingerprint density at radius 3 is 2.88 bits per heavy atom. The third kappa shape index (κ3) is 2.06. The van der Waals surface area contributed by atoms with E-state index >= 15 is 0 Å². The van der Waals surface area contributed by atoms with E-state index in [1.807, 2.05) is 31.2 Å². The van der Waals surface area contributed by atoms with Gasteiger partial charge >= 0.3 is 0 Å². The minimum absolute atomic E-state index is 0.174. The van der Waals surface area contributed by atoms with Gasteiger partial charge in [-0.3, -0.25) is 4.79 Å². The second-order valence-corrected chi connectivity index (χ2v) is 4.03. The van der Waals surface area contributed by atoms with Gasteiger partial charge in [0.15, 0.2) is 0 Å². The average molecular weight is 217 g/mol.